The summed E-state index contributed by atoms with van der Waals surface area (Å²) < 4.78 is 153. The Hall–Kier alpha value is 0.200. The first kappa shape index (κ1) is 81.1. The number of nitrogens with one attached hydrogen (secondary N) is 2. The van der Waals surface area contributed by atoms with Crippen molar-refractivity contribution in [3.63, 3.8) is 0 Å². The summed E-state index contributed by atoms with van der Waals surface area (Å²) in [7, 11) is 2.13. The summed E-state index contributed by atoms with van der Waals surface area (Å²) in [6.45, 7) is 3.31. The lowest BCUT2D eigenvalue weighted by atomic mass is 10.7. The zero-order valence-corrected chi connectivity index (χ0v) is 46.1. The van der Waals surface area contributed by atoms with Gasteiger partial charge in [-0.2, -0.15) is 8.42 Å². The fourth-order valence-corrected chi connectivity index (χ4v) is 0.224. The second kappa shape index (κ2) is 47.3. The summed E-state index contributed by atoms with van der Waals surface area (Å²) in [5.74, 6) is 0. The van der Waals surface area contributed by atoms with Gasteiger partial charge in [0, 0.05) is 104 Å². The van der Waals surface area contributed by atoms with Gasteiger partial charge in [0.15, 0.2) is 11.1 Å². The molecule has 57 heavy (non-hydrogen) atoms. The first-order chi connectivity index (χ1) is 24.7. The predicted molar refractivity (Wildman–Crippen MR) is 247 cm³/mol. The molecule has 0 radical (unpaired) electrons. The molecule has 0 fully saturated rings. The van der Waals surface area contributed by atoms with Crippen molar-refractivity contribution in [1.82, 2.24) is 23.0 Å². The third-order valence-corrected chi connectivity index (χ3v) is 10.1. The Kier molecular flexibility index (Phi) is 67.2. The van der Waals surface area contributed by atoms with E-state index in [9.17, 15) is 55.1 Å². The molecular weight excluding hydrogens is 962 g/mol. The number of hydrogen-bond acceptors (Lipinski definition) is 18. The second-order valence-corrected chi connectivity index (χ2v) is 26.8. The highest BCUT2D eigenvalue weighted by molar-refractivity contribution is 7.90. The highest BCUT2D eigenvalue weighted by Gasteiger charge is 2.09. The van der Waals surface area contributed by atoms with Crippen LogP contribution >= 0.6 is 19.8 Å². The van der Waals surface area contributed by atoms with Crippen LogP contribution in [0, 0.1) is 0 Å². The van der Waals surface area contributed by atoms with Crippen LogP contribution in [0.2, 0.25) is 0 Å². The highest BCUT2D eigenvalue weighted by atomic mass is 32.2. The first-order valence-electron chi connectivity index (χ1n) is 14.4. The van der Waals surface area contributed by atoms with E-state index in [4.69, 9.17) is 12.2 Å². The zero-order chi connectivity index (χ0) is 49.4. The third-order valence-electron chi connectivity index (χ3n) is 3.67. The van der Waals surface area contributed by atoms with Gasteiger partial charge in [-0.25, -0.2) is 55.9 Å². The van der Waals surface area contributed by atoms with Crippen LogP contribution in [0.15, 0.2) is 0 Å². The van der Waals surface area contributed by atoms with Crippen molar-refractivity contribution in [1.29, 1.82) is 0 Å². The SMILES string of the molecule is CC(=S)N(C)C.CN(C)S(C)(=O)=O.CN(C)S(C)=O.CNS(C)(=O)=O.CNS(C)=O.COP(C)(=O)OC.COS(C)(=O)=O.COS(C)=O.CS(C)(=O)=O.CS(C)=O. The molecule has 0 aliphatic rings. The van der Waals surface area contributed by atoms with Crippen molar-refractivity contribution >= 4 is 109 Å². The van der Waals surface area contributed by atoms with E-state index in [1.165, 1.54) is 55.4 Å². The molecule has 22 nitrogen and oxygen atoms in total. The maximum Gasteiger partial charge on any atom is 0.327 e. The first-order valence-corrected chi connectivity index (χ1v) is 31.2. The summed E-state index contributed by atoms with van der Waals surface area (Å²) in [5, 5.41) is 0. The van der Waals surface area contributed by atoms with E-state index < -0.39 is 91.4 Å². The molecule has 3 unspecified atom stereocenters. The molecule has 3 atom stereocenters. The Morgan fingerprint density at radius 2 is 0.842 bits per heavy atom. The lowest BCUT2D eigenvalue weighted by Gasteiger charge is -2.06. The van der Waals surface area contributed by atoms with Crippen LogP contribution in [0.25, 0.3) is 0 Å². The normalized spacial score (nSPS) is 12.1. The monoisotopic (exact) mass is 1040 g/mol. The summed E-state index contributed by atoms with van der Waals surface area (Å²) in [4.78, 5) is 2.82. The molecule has 0 rings (SSSR count). The Balaban J connectivity index is -0.0000000540. The van der Waals surface area contributed by atoms with Gasteiger partial charge < -0.3 is 13.9 Å². The maximum absolute atomic E-state index is 10.5. The summed E-state index contributed by atoms with van der Waals surface area (Å²) >= 11 is 3.67. The van der Waals surface area contributed by atoms with E-state index in [-0.39, 0.29) is 0 Å². The van der Waals surface area contributed by atoms with Crippen LogP contribution in [0.5, 0.6) is 0 Å². The number of sulfone groups is 1. The molecule has 0 aromatic heterocycles. The van der Waals surface area contributed by atoms with Crippen LogP contribution in [0.4, 0.5) is 0 Å². The molecule has 0 amide bonds. The smallest absolute Gasteiger partial charge is 0.327 e. The minimum Gasteiger partial charge on any atom is -0.373 e. The molecule has 2 N–H and O–H groups in total. The van der Waals surface area contributed by atoms with Gasteiger partial charge in [0.05, 0.1) is 59.9 Å². The van der Waals surface area contributed by atoms with Gasteiger partial charge in [-0.15, -0.1) is 0 Å². The van der Waals surface area contributed by atoms with Gasteiger partial charge in [0.2, 0.25) is 20.0 Å². The Bertz CT molecular complexity index is 1460. The lowest BCUT2D eigenvalue weighted by Crippen LogP contribution is -2.19. The van der Waals surface area contributed by atoms with E-state index >= 15 is 0 Å². The van der Waals surface area contributed by atoms with E-state index in [1.54, 1.807) is 50.5 Å². The van der Waals surface area contributed by atoms with Crippen molar-refractivity contribution in [2.75, 3.05) is 154 Å². The minimum atomic E-state index is -3.16. The Labute approximate surface area is 362 Å². The summed E-state index contributed by atoms with van der Waals surface area (Å²) in [6, 6.07) is 0. The van der Waals surface area contributed by atoms with Crippen molar-refractivity contribution in [3.05, 3.63) is 0 Å². The van der Waals surface area contributed by atoms with Crippen LogP contribution in [-0.2, 0) is 106 Å². The number of sulfonamides is 2. The van der Waals surface area contributed by atoms with E-state index in [0.717, 1.165) is 47.7 Å². The Morgan fingerprint density at radius 1 is 0.684 bits per heavy atom. The largest absolute Gasteiger partial charge is 0.373 e. The molecule has 0 saturated carbocycles. The molecule has 0 aliphatic heterocycles. The van der Waals surface area contributed by atoms with Crippen LogP contribution < -0.4 is 9.44 Å². The van der Waals surface area contributed by atoms with Gasteiger partial charge in [-0.1, -0.05) is 12.2 Å². The molecule has 32 heteroatoms. The number of rotatable bonds is 8. The number of thiocarbonyl (C=S) groups is 1. The van der Waals surface area contributed by atoms with Crippen molar-refractivity contribution in [3.8, 4) is 0 Å². The standard InChI is InChI=1S/C4H9NS.C3H9NO2S.C3H9NOS.C3H9O3P.C2H7NO2S.C2H7NOS.C2H6O3S.2C2H6O2S.C2H6OS/c1-4(6)5(2)3;1-4(2)7(3,5)6;1-4(2)6(3)5;1-5-7(3,4)6-2;1-3-6(2,4)5;1-3-5(2)4;1-5-6(2,3)4;1-5(2,3)4;1-4-5(2)3;1-4(2)3/h1-3H3;1-3H3;1-3H3;1-3H3;3H,1-2H3;3H,1-2H3;1-2H3;2*1-2H3;1-2H3. The molecule has 0 bridgehead atoms. The third kappa shape index (κ3) is 181. The van der Waals surface area contributed by atoms with Gasteiger partial charge in [-0.3, -0.25) is 17.1 Å². The van der Waals surface area contributed by atoms with Gasteiger partial charge in [-0.05, 0) is 35.1 Å². The zero-order valence-electron chi connectivity index (χ0n) is 37.9. The van der Waals surface area contributed by atoms with Gasteiger partial charge in [0.25, 0.3) is 10.1 Å². The molecule has 0 saturated heterocycles. The van der Waals surface area contributed by atoms with Crippen molar-refractivity contribution in [2.45, 2.75) is 6.92 Å². The second-order valence-electron chi connectivity index (χ2n) is 10.3. The Morgan fingerprint density at radius 3 is 0.842 bits per heavy atom. The van der Waals surface area contributed by atoms with Gasteiger partial charge in [0.1, 0.15) is 9.84 Å². The van der Waals surface area contributed by atoms with E-state index in [1.807, 2.05) is 25.9 Å². The number of hydrogen-bond donors (Lipinski definition) is 2. The average molecular weight is 1040 g/mol. The molecular formula is C25H74N5O17PS9. The number of nitrogens with zero attached hydrogens (tertiary/aromatic N) is 3. The fourth-order valence-electron chi connectivity index (χ4n) is 0.0745. The summed E-state index contributed by atoms with van der Waals surface area (Å²) in [5.41, 5.74) is 0. The molecule has 360 valence electrons. The predicted octanol–water partition coefficient (Wildman–Crippen LogP) is -0.815. The van der Waals surface area contributed by atoms with Crippen LogP contribution in [0.3, 0.4) is 0 Å². The maximum atomic E-state index is 10.5. The molecule has 0 heterocycles. The van der Waals surface area contributed by atoms with E-state index in [2.05, 4.69) is 26.9 Å². The fraction of sp³-hybridized carbons (Fsp3) is 0.960. The van der Waals surface area contributed by atoms with Crippen molar-refractivity contribution < 1.29 is 72.5 Å². The molecule has 0 aromatic rings. The lowest BCUT2D eigenvalue weighted by molar-refractivity contribution is 0.282. The average Bonchev–Trinajstić information content (AvgIpc) is 3.00. The highest BCUT2D eigenvalue weighted by Crippen LogP contribution is 2.40. The minimum absolute atomic E-state index is 0.611. The van der Waals surface area contributed by atoms with Gasteiger partial charge >= 0.3 is 7.60 Å². The molecule has 0 spiro atoms. The quantitative estimate of drug-likeness (QED) is 0.171. The summed E-state index contributed by atoms with van der Waals surface area (Å²) in [6.07, 6.45) is 13.5. The van der Waals surface area contributed by atoms with Crippen LogP contribution in [0.1, 0.15) is 6.92 Å². The van der Waals surface area contributed by atoms with Crippen LogP contribution in [-0.4, -0.2) is 223 Å². The molecule has 0 aromatic carbocycles. The van der Waals surface area contributed by atoms with E-state index in [0.29, 0.717) is 0 Å². The molecule has 0 aliphatic carbocycles. The topological polar surface area (TPSA) is 293 Å². The van der Waals surface area contributed by atoms with Crippen molar-refractivity contribution in [2.24, 2.45) is 0 Å².